The Morgan fingerprint density at radius 1 is 1.15 bits per heavy atom. The minimum atomic E-state index is -0.354. The van der Waals surface area contributed by atoms with Crippen LogP contribution < -0.4 is 4.90 Å². The van der Waals surface area contributed by atoms with E-state index in [0.717, 1.165) is 28.7 Å². The van der Waals surface area contributed by atoms with E-state index >= 15 is 0 Å². The predicted molar refractivity (Wildman–Crippen MR) is 119 cm³/mol. The number of thioether (sulfide) groups is 1. The number of hydrogen-bond donors (Lipinski definition) is 0. The Morgan fingerprint density at radius 2 is 1.73 bits per heavy atom. The van der Waals surface area contributed by atoms with Gasteiger partial charge in [0.2, 0.25) is 5.91 Å². The Balaban J connectivity index is 2.32. The summed E-state index contributed by atoms with van der Waals surface area (Å²) in [6.07, 6.45) is 2.19. The van der Waals surface area contributed by atoms with E-state index in [2.05, 4.69) is 71.6 Å². The highest BCUT2D eigenvalue weighted by Crippen LogP contribution is 2.40. The second-order valence-corrected chi connectivity index (χ2v) is 9.00. The lowest BCUT2D eigenvalue weighted by molar-refractivity contribution is -0.116. The predicted octanol–water partition coefficient (Wildman–Crippen LogP) is 5.19. The van der Waals surface area contributed by atoms with Crippen molar-refractivity contribution in [3.8, 4) is 0 Å². The van der Waals surface area contributed by atoms with Gasteiger partial charge in [-0.25, -0.2) is 0 Å². The smallest absolute Gasteiger partial charge is 0.238 e. The van der Waals surface area contributed by atoms with Gasteiger partial charge in [-0.3, -0.25) is 4.79 Å². The summed E-state index contributed by atoms with van der Waals surface area (Å²) >= 11 is 6.96. The van der Waals surface area contributed by atoms with E-state index in [1.165, 1.54) is 28.5 Å². The van der Waals surface area contributed by atoms with Crippen LogP contribution in [0.15, 0.2) is 18.2 Å². The molecule has 0 radical (unpaired) electrons. The molecule has 26 heavy (non-hydrogen) atoms. The zero-order valence-corrected chi connectivity index (χ0v) is 18.6. The maximum absolute atomic E-state index is 13.2. The Labute approximate surface area is 167 Å². The fourth-order valence-corrected chi connectivity index (χ4v) is 4.75. The number of allylic oxidation sites excluding steroid dienone is 1. The molecule has 0 saturated heterocycles. The van der Waals surface area contributed by atoms with Crippen molar-refractivity contribution in [3.63, 3.8) is 0 Å². The summed E-state index contributed by atoms with van der Waals surface area (Å²) in [5.74, 6) is 0.459. The van der Waals surface area contributed by atoms with Gasteiger partial charge in [0.1, 0.15) is 4.32 Å². The highest BCUT2D eigenvalue weighted by molar-refractivity contribution is 8.23. The van der Waals surface area contributed by atoms with E-state index in [4.69, 9.17) is 12.2 Å². The van der Waals surface area contributed by atoms with Gasteiger partial charge in [-0.1, -0.05) is 30.1 Å². The first-order chi connectivity index (χ1) is 12.1. The Morgan fingerprint density at radius 3 is 2.31 bits per heavy atom. The second kappa shape index (κ2) is 8.13. The van der Waals surface area contributed by atoms with E-state index < -0.39 is 0 Å². The quantitative estimate of drug-likeness (QED) is 0.660. The van der Waals surface area contributed by atoms with Gasteiger partial charge in [-0.15, -0.1) is 0 Å². The van der Waals surface area contributed by atoms with E-state index in [-0.39, 0.29) is 11.4 Å². The maximum Gasteiger partial charge on any atom is 0.238 e. The molecule has 0 bridgehead atoms. The summed E-state index contributed by atoms with van der Waals surface area (Å²) in [5, 5.41) is 0. The first kappa shape index (κ1) is 21.0. The fraction of sp³-hybridized carbons (Fsp3) is 0.524. The summed E-state index contributed by atoms with van der Waals surface area (Å²) in [5.41, 5.74) is 5.49. The largest absolute Gasteiger partial charge is 0.358 e. The molecule has 0 spiro atoms. The average molecular weight is 391 g/mol. The van der Waals surface area contributed by atoms with Crippen molar-refractivity contribution in [2.75, 3.05) is 23.7 Å². The SMILES string of the molecule is CCN(CC)C(=S)SCC(=O)N1c2cc(C)c(C)cc2C(C)=CC1(C)C. The lowest BCUT2D eigenvalue weighted by atomic mass is 9.87. The van der Waals surface area contributed by atoms with Crippen molar-refractivity contribution in [1.82, 2.24) is 4.90 Å². The summed E-state index contributed by atoms with van der Waals surface area (Å²) in [6.45, 7) is 16.4. The molecule has 1 aliphatic heterocycles. The van der Waals surface area contributed by atoms with E-state index in [1.54, 1.807) is 0 Å². The van der Waals surface area contributed by atoms with Crippen molar-refractivity contribution >= 4 is 45.5 Å². The van der Waals surface area contributed by atoms with Gasteiger partial charge in [0.15, 0.2) is 0 Å². The molecule has 1 heterocycles. The number of benzene rings is 1. The topological polar surface area (TPSA) is 23.6 Å². The van der Waals surface area contributed by atoms with Gasteiger partial charge in [-0.05, 0) is 77.3 Å². The fourth-order valence-electron chi connectivity index (χ4n) is 3.50. The standard InChI is InChI=1S/C21H30N2OS2/c1-8-22(9-2)20(25)26-13-19(24)23-18-11-15(4)14(3)10-17(18)16(5)12-21(23,6)7/h10-12H,8-9,13H2,1-7H3. The monoisotopic (exact) mass is 390 g/mol. The first-order valence-electron chi connectivity index (χ1n) is 9.18. The van der Waals surface area contributed by atoms with Gasteiger partial charge in [0.25, 0.3) is 0 Å². The molecule has 1 aromatic carbocycles. The number of carbonyl (C=O) groups excluding carboxylic acids is 1. The van der Waals surface area contributed by atoms with Gasteiger partial charge in [-0.2, -0.15) is 0 Å². The van der Waals surface area contributed by atoms with Crippen LogP contribution in [0.2, 0.25) is 0 Å². The summed E-state index contributed by atoms with van der Waals surface area (Å²) in [6, 6.07) is 4.34. The van der Waals surface area contributed by atoms with Crippen LogP contribution in [-0.4, -0.2) is 39.5 Å². The number of fused-ring (bicyclic) bond motifs is 1. The molecule has 0 aliphatic carbocycles. The number of anilines is 1. The zero-order valence-electron chi connectivity index (χ0n) is 17.0. The highest BCUT2D eigenvalue weighted by atomic mass is 32.2. The number of aryl methyl sites for hydroxylation is 2. The summed E-state index contributed by atoms with van der Waals surface area (Å²) in [4.78, 5) is 17.2. The molecule has 0 unspecified atom stereocenters. The van der Waals surface area contributed by atoms with Crippen molar-refractivity contribution < 1.29 is 4.79 Å². The van der Waals surface area contributed by atoms with Crippen molar-refractivity contribution in [2.24, 2.45) is 0 Å². The van der Waals surface area contributed by atoms with Crippen LogP contribution in [0.1, 0.15) is 51.3 Å². The minimum absolute atomic E-state index is 0.0998. The Bertz CT molecular complexity index is 749. The van der Waals surface area contributed by atoms with Gasteiger partial charge < -0.3 is 9.80 Å². The third kappa shape index (κ3) is 4.15. The normalized spacial score (nSPS) is 15.3. The van der Waals surface area contributed by atoms with E-state index in [1.807, 2.05) is 4.90 Å². The molecule has 5 heteroatoms. The molecule has 0 aromatic heterocycles. The number of hydrogen-bond acceptors (Lipinski definition) is 3. The number of amides is 1. The molecule has 0 fully saturated rings. The third-order valence-corrected chi connectivity index (χ3v) is 6.52. The number of nitrogens with zero attached hydrogens (tertiary/aromatic N) is 2. The van der Waals surface area contributed by atoms with Gasteiger partial charge in [0, 0.05) is 18.7 Å². The Kier molecular flexibility index (Phi) is 6.56. The third-order valence-electron chi connectivity index (χ3n) is 5.01. The van der Waals surface area contributed by atoms with Crippen LogP contribution in [0.25, 0.3) is 5.57 Å². The number of rotatable bonds is 4. The minimum Gasteiger partial charge on any atom is -0.358 e. The first-order valence-corrected chi connectivity index (χ1v) is 10.6. The maximum atomic E-state index is 13.2. The van der Waals surface area contributed by atoms with Crippen molar-refractivity contribution in [3.05, 3.63) is 34.9 Å². The van der Waals surface area contributed by atoms with Gasteiger partial charge >= 0.3 is 0 Å². The Hall–Kier alpha value is -1.33. The summed E-state index contributed by atoms with van der Waals surface area (Å²) < 4.78 is 0.796. The molecule has 0 N–H and O–H groups in total. The van der Waals surface area contributed by atoms with E-state index in [9.17, 15) is 4.79 Å². The molecule has 0 atom stereocenters. The van der Waals surface area contributed by atoms with Crippen LogP contribution in [-0.2, 0) is 4.79 Å². The zero-order chi connectivity index (χ0) is 19.6. The molecule has 2 rings (SSSR count). The molecule has 1 amide bonds. The summed E-state index contributed by atoms with van der Waals surface area (Å²) in [7, 11) is 0. The van der Waals surface area contributed by atoms with Gasteiger partial charge in [0.05, 0.1) is 17.0 Å². The molecule has 0 saturated carbocycles. The number of carbonyl (C=O) groups is 1. The highest BCUT2D eigenvalue weighted by Gasteiger charge is 2.36. The lowest BCUT2D eigenvalue weighted by Crippen LogP contribution is -2.50. The molecular weight excluding hydrogens is 360 g/mol. The number of thiocarbonyl (C=S) groups is 1. The lowest BCUT2D eigenvalue weighted by Gasteiger charge is -2.42. The average Bonchev–Trinajstić information content (AvgIpc) is 2.55. The van der Waals surface area contributed by atoms with Crippen molar-refractivity contribution in [1.29, 1.82) is 0 Å². The van der Waals surface area contributed by atoms with Crippen LogP contribution in [0, 0.1) is 13.8 Å². The molecule has 3 nitrogen and oxygen atoms in total. The molecule has 1 aromatic rings. The molecule has 1 aliphatic rings. The van der Waals surface area contributed by atoms with Crippen LogP contribution >= 0.6 is 24.0 Å². The molecule has 142 valence electrons. The van der Waals surface area contributed by atoms with Crippen LogP contribution in [0.3, 0.4) is 0 Å². The molecular formula is C21H30N2OS2. The van der Waals surface area contributed by atoms with Crippen LogP contribution in [0.4, 0.5) is 5.69 Å². The van der Waals surface area contributed by atoms with Crippen molar-refractivity contribution in [2.45, 2.75) is 54.0 Å². The van der Waals surface area contributed by atoms with E-state index in [0.29, 0.717) is 5.75 Å². The second-order valence-electron chi connectivity index (χ2n) is 7.39. The van der Waals surface area contributed by atoms with Crippen LogP contribution in [0.5, 0.6) is 0 Å².